The third-order valence-electron chi connectivity index (χ3n) is 1.82. The van der Waals surface area contributed by atoms with Crippen LogP contribution in [0.15, 0.2) is 30.4 Å². The van der Waals surface area contributed by atoms with Crippen LogP contribution >= 0.6 is 23.2 Å². The Morgan fingerprint density at radius 1 is 1.23 bits per heavy atom. The molecule has 0 amide bonds. The molecule has 0 unspecified atom stereocenters. The van der Waals surface area contributed by atoms with E-state index >= 15 is 0 Å². The second kappa shape index (κ2) is 5.31. The Kier molecular flexibility index (Phi) is 4.34. The first-order chi connectivity index (χ1) is 6.24. The molecule has 0 bridgehead atoms. The molecule has 1 aromatic rings. The van der Waals surface area contributed by atoms with Crippen LogP contribution in [0.2, 0.25) is 10.0 Å². The number of allylic oxidation sites excluding steroid dienone is 2. The Bertz CT molecular complexity index is 303. The van der Waals surface area contributed by atoms with Crippen molar-refractivity contribution in [1.29, 1.82) is 0 Å². The fraction of sp³-hybridized carbons (Fsp3) is 0.273. The van der Waals surface area contributed by atoms with Crippen LogP contribution in [0.1, 0.15) is 18.9 Å². The summed E-state index contributed by atoms with van der Waals surface area (Å²) in [7, 11) is 0. The highest BCUT2D eigenvalue weighted by Gasteiger charge is 1.97. The molecule has 1 rings (SSSR count). The van der Waals surface area contributed by atoms with Crippen molar-refractivity contribution in [3.05, 3.63) is 46.0 Å². The van der Waals surface area contributed by atoms with E-state index in [1.807, 2.05) is 25.1 Å². The topological polar surface area (TPSA) is 0 Å². The molecule has 13 heavy (non-hydrogen) atoms. The largest absolute Gasteiger partial charge is 0.0917 e. The van der Waals surface area contributed by atoms with Crippen molar-refractivity contribution in [3.63, 3.8) is 0 Å². The van der Waals surface area contributed by atoms with Crippen molar-refractivity contribution in [1.82, 2.24) is 0 Å². The van der Waals surface area contributed by atoms with Gasteiger partial charge in [0.1, 0.15) is 0 Å². The Morgan fingerprint density at radius 2 is 2.00 bits per heavy atom. The van der Waals surface area contributed by atoms with Gasteiger partial charge in [0.15, 0.2) is 0 Å². The fourth-order valence-electron chi connectivity index (χ4n) is 1.11. The lowest BCUT2D eigenvalue weighted by Gasteiger charge is -2.00. The van der Waals surface area contributed by atoms with E-state index in [2.05, 4.69) is 12.2 Å². The molecule has 0 radical (unpaired) electrons. The molecule has 0 aliphatic rings. The van der Waals surface area contributed by atoms with Gasteiger partial charge in [0.2, 0.25) is 0 Å². The van der Waals surface area contributed by atoms with Gasteiger partial charge in [-0.05, 0) is 37.5 Å². The number of halogens is 2. The lowest BCUT2D eigenvalue weighted by molar-refractivity contribution is 1.000. The second-order valence-electron chi connectivity index (χ2n) is 2.86. The predicted octanol–water partition coefficient (Wildman–Crippen LogP) is 4.50. The number of aryl methyl sites for hydroxylation is 1. The first kappa shape index (κ1) is 10.6. The lowest BCUT2D eigenvalue weighted by atomic mass is 10.1. The molecule has 0 heterocycles. The maximum atomic E-state index is 5.88. The first-order valence-electron chi connectivity index (χ1n) is 4.29. The average Bonchev–Trinajstić information content (AvgIpc) is 2.12. The van der Waals surface area contributed by atoms with Crippen LogP contribution in [0.3, 0.4) is 0 Å². The first-order valence-corrected chi connectivity index (χ1v) is 5.04. The number of hydrogen-bond acceptors (Lipinski definition) is 0. The van der Waals surface area contributed by atoms with Gasteiger partial charge in [0.05, 0.1) is 10.0 Å². The van der Waals surface area contributed by atoms with Crippen LogP contribution in [0, 0.1) is 0 Å². The van der Waals surface area contributed by atoms with Crippen LogP contribution in [0.25, 0.3) is 0 Å². The Morgan fingerprint density at radius 3 is 2.62 bits per heavy atom. The predicted molar refractivity (Wildman–Crippen MR) is 59.6 cm³/mol. The van der Waals surface area contributed by atoms with Crippen molar-refractivity contribution in [2.24, 2.45) is 0 Å². The van der Waals surface area contributed by atoms with Gasteiger partial charge >= 0.3 is 0 Å². The van der Waals surface area contributed by atoms with Crippen molar-refractivity contribution < 1.29 is 0 Å². The Hall–Kier alpha value is -0.460. The van der Waals surface area contributed by atoms with Crippen LogP contribution in [0.4, 0.5) is 0 Å². The highest BCUT2D eigenvalue weighted by molar-refractivity contribution is 6.42. The molecule has 0 saturated carbocycles. The van der Waals surface area contributed by atoms with E-state index in [1.165, 1.54) is 5.56 Å². The van der Waals surface area contributed by atoms with Crippen molar-refractivity contribution >= 4 is 23.2 Å². The number of benzene rings is 1. The third-order valence-corrected chi connectivity index (χ3v) is 2.56. The smallest absolute Gasteiger partial charge is 0.0595 e. The Balaban J connectivity index is 2.63. The SMILES string of the molecule is C/C=C\CCc1ccc(Cl)c(Cl)c1. The zero-order valence-corrected chi connectivity index (χ0v) is 9.07. The molecule has 0 spiro atoms. The van der Waals surface area contributed by atoms with Crippen LogP contribution in [0.5, 0.6) is 0 Å². The lowest BCUT2D eigenvalue weighted by Crippen LogP contribution is -1.83. The van der Waals surface area contributed by atoms with Gasteiger partial charge in [-0.25, -0.2) is 0 Å². The highest BCUT2D eigenvalue weighted by atomic mass is 35.5. The molecule has 0 aliphatic carbocycles. The summed E-state index contributed by atoms with van der Waals surface area (Å²) in [6.07, 6.45) is 6.26. The molecule has 70 valence electrons. The minimum atomic E-state index is 0.622. The third kappa shape index (κ3) is 3.41. The van der Waals surface area contributed by atoms with Gasteiger partial charge in [-0.3, -0.25) is 0 Å². The van der Waals surface area contributed by atoms with Gasteiger partial charge in [-0.15, -0.1) is 0 Å². The fourth-order valence-corrected chi connectivity index (χ4v) is 1.43. The van der Waals surface area contributed by atoms with E-state index in [9.17, 15) is 0 Å². The van der Waals surface area contributed by atoms with Crippen LogP contribution < -0.4 is 0 Å². The van der Waals surface area contributed by atoms with E-state index in [4.69, 9.17) is 23.2 Å². The molecule has 0 saturated heterocycles. The maximum absolute atomic E-state index is 5.88. The molecular weight excluding hydrogens is 203 g/mol. The summed E-state index contributed by atoms with van der Waals surface area (Å²) in [5.41, 5.74) is 1.23. The summed E-state index contributed by atoms with van der Waals surface area (Å²) < 4.78 is 0. The van der Waals surface area contributed by atoms with E-state index in [0.717, 1.165) is 12.8 Å². The minimum absolute atomic E-state index is 0.622. The van der Waals surface area contributed by atoms with E-state index in [-0.39, 0.29) is 0 Å². The Labute approximate surface area is 89.2 Å². The molecule has 1 aromatic carbocycles. The molecule has 0 fully saturated rings. The van der Waals surface area contributed by atoms with Crippen LogP contribution in [-0.2, 0) is 6.42 Å². The molecular formula is C11H12Cl2. The molecule has 0 nitrogen and oxygen atoms in total. The minimum Gasteiger partial charge on any atom is -0.0917 e. The maximum Gasteiger partial charge on any atom is 0.0595 e. The van der Waals surface area contributed by atoms with Gasteiger partial charge in [0.25, 0.3) is 0 Å². The molecule has 0 aromatic heterocycles. The second-order valence-corrected chi connectivity index (χ2v) is 3.67. The van der Waals surface area contributed by atoms with Gasteiger partial charge in [0, 0.05) is 0 Å². The number of rotatable bonds is 3. The van der Waals surface area contributed by atoms with Gasteiger partial charge in [-0.2, -0.15) is 0 Å². The number of hydrogen-bond donors (Lipinski definition) is 0. The standard InChI is InChI=1S/C11H12Cl2/c1-2-3-4-5-9-6-7-10(12)11(13)8-9/h2-3,6-8H,4-5H2,1H3/b3-2-. The van der Waals surface area contributed by atoms with Crippen molar-refractivity contribution in [2.75, 3.05) is 0 Å². The summed E-state index contributed by atoms with van der Waals surface area (Å²) in [5.74, 6) is 0. The van der Waals surface area contributed by atoms with Crippen molar-refractivity contribution in [3.8, 4) is 0 Å². The quantitative estimate of drug-likeness (QED) is 0.651. The molecule has 0 atom stereocenters. The summed E-state index contributed by atoms with van der Waals surface area (Å²) >= 11 is 11.7. The monoisotopic (exact) mass is 214 g/mol. The normalized spacial score (nSPS) is 11.0. The van der Waals surface area contributed by atoms with Gasteiger partial charge < -0.3 is 0 Å². The van der Waals surface area contributed by atoms with Crippen molar-refractivity contribution in [2.45, 2.75) is 19.8 Å². The zero-order chi connectivity index (χ0) is 9.68. The molecule has 0 aliphatic heterocycles. The average molecular weight is 215 g/mol. The zero-order valence-electron chi connectivity index (χ0n) is 7.56. The van der Waals surface area contributed by atoms with E-state index < -0.39 is 0 Å². The summed E-state index contributed by atoms with van der Waals surface area (Å²) in [4.78, 5) is 0. The summed E-state index contributed by atoms with van der Waals surface area (Å²) in [5, 5.41) is 1.26. The van der Waals surface area contributed by atoms with E-state index in [0.29, 0.717) is 10.0 Å². The van der Waals surface area contributed by atoms with E-state index in [1.54, 1.807) is 0 Å². The molecule has 2 heteroatoms. The molecule has 0 N–H and O–H groups in total. The van der Waals surface area contributed by atoms with Crippen LogP contribution in [-0.4, -0.2) is 0 Å². The summed E-state index contributed by atoms with van der Waals surface area (Å²) in [6, 6.07) is 5.78. The highest BCUT2D eigenvalue weighted by Crippen LogP contribution is 2.23. The van der Waals surface area contributed by atoms with Gasteiger partial charge in [-0.1, -0.05) is 41.4 Å². The summed E-state index contributed by atoms with van der Waals surface area (Å²) in [6.45, 7) is 2.02.